The molecule has 0 spiro atoms. The highest BCUT2D eigenvalue weighted by Gasteiger charge is 2.21. The smallest absolute Gasteiger partial charge is 0.0709 e. The number of aliphatic hydroxyl groups is 1. The molecule has 3 heteroatoms. The van der Waals surface area contributed by atoms with Crippen molar-refractivity contribution in [1.29, 1.82) is 0 Å². The molecule has 1 fully saturated rings. The van der Waals surface area contributed by atoms with E-state index < -0.39 is 0 Å². The summed E-state index contributed by atoms with van der Waals surface area (Å²) in [6.07, 6.45) is 6.01. The zero-order valence-electron chi connectivity index (χ0n) is 7.87. The molecule has 0 amide bonds. The van der Waals surface area contributed by atoms with Crippen molar-refractivity contribution in [2.75, 3.05) is 13.6 Å². The van der Waals surface area contributed by atoms with Gasteiger partial charge in [-0.05, 0) is 18.8 Å². The van der Waals surface area contributed by atoms with E-state index in [1.807, 2.05) is 0 Å². The minimum Gasteiger partial charge on any atom is -0.391 e. The summed E-state index contributed by atoms with van der Waals surface area (Å²) in [5, 5.41) is 11.3. The lowest BCUT2D eigenvalue weighted by Gasteiger charge is -2.28. The maximum atomic E-state index is 9.72. The Morgan fingerprint density at radius 1 is 1.42 bits per heavy atom. The van der Waals surface area contributed by atoms with Crippen molar-refractivity contribution in [3.8, 4) is 0 Å². The topological polar surface area (TPSA) is 49.5 Å². The Kier molecular flexibility index (Phi) is 3.98. The Labute approximate surface area is 74.5 Å². The van der Waals surface area contributed by atoms with E-state index in [9.17, 15) is 5.11 Å². The third-order valence-corrected chi connectivity index (χ3v) is 2.67. The molecule has 1 aliphatic rings. The van der Waals surface area contributed by atoms with Crippen molar-refractivity contribution >= 4 is 0 Å². The molecule has 0 bridgehead atoms. The highest BCUT2D eigenvalue weighted by molar-refractivity contribution is 4.74. The zero-order chi connectivity index (χ0) is 8.97. The van der Waals surface area contributed by atoms with E-state index in [0.29, 0.717) is 12.5 Å². The van der Waals surface area contributed by atoms with E-state index in [1.165, 1.54) is 32.1 Å². The Balaban J connectivity index is 2.24. The van der Waals surface area contributed by atoms with Crippen LogP contribution in [-0.2, 0) is 0 Å². The molecule has 0 radical (unpaired) electrons. The van der Waals surface area contributed by atoms with Gasteiger partial charge in [0.1, 0.15) is 0 Å². The van der Waals surface area contributed by atoms with Gasteiger partial charge in [-0.3, -0.25) is 5.84 Å². The van der Waals surface area contributed by atoms with Gasteiger partial charge in [0, 0.05) is 13.6 Å². The second-order valence-electron chi connectivity index (χ2n) is 3.91. The van der Waals surface area contributed by atoms with E-state index in [4.69, 9.17) is 5.84 Å². The molecule has 72 valence electrons. The van der Waals surface area contributed by atoms with Gasteiger partial charge in [-0.25, -0.2) is 5.01 Å². The Hall–Kier alpha value is -0.120. The van der Waals surface area contributed by atoms with Crippen LogP contribution in [0.15, 0.2) is 0 Å². The van der Waals surface area contributed by atoms with Gasteiger partial charge >= 0.3 is 0 Å². The molecule has 1 atom stereocenters. The second-order valence-corrected chi connectivity index (χ2v) is 3.91. The van der Waals surface area contributed by atoms with E-state index in [-0.39, 0.29) is 6.10 Å². The zero-order valence-corrected chi connectivity index (χ0v) is 7.87. The monoisotopic (exact) mass is 172 g/mol. The highest BCUT2D eigenvalue weighted by Crippen LogP contribution is 2.26. The molecule has 12 heavy (non-hydrogen) atoms. The predicted octanol–water partition coefficient (Wildman–Crippen LogP) is 0.733. The molecule has 3 N–H and O–H groups in total. The maximum absolute atomic E-state index is 9.72. The quantitative estimate of drug-likeness (QED) is 0.487. The third kappa shape index (κ3) is 3.09. The van der Waals surface area contributed by atoms with Crippen molar-refractivity contribution < 1.29 is 5.11 Å². The normalized spacial score (nSPS) is 23.0. The van der Waals surface area contributed by atoms with Crippen LogP contribution in [0.5, 0.6) is 0 Å². The van der Waals surface area contributed by atoms with Crippen molar-refractivity contribution in [2.24, 2.45) is 11.8 Å². The summed E-state index contributed by atoms with van der Waals surface area (Å²) in [5.74, 6) is 5.96. The van der Waals surface area contributed by atoms with Crippen LogP contribution >= 0.6 is 0 Å². The fraction of sp³-hybridized carbons (Fsp3) is 1.00. The molecular formula is C9H20N2O. The summed E-state index contributed by atoms with van der Waals surface area (Å²) in [6, 6.07) is 0. The van der Waals surface area contributed by atoms with Gasteiger partial charge in [0.15, 0.2) is 0 Å². The summed E-state index contributed by atoms with van der Waals surface area (Å²) in [4.78, 5) is 0. The van der Waals surface area contributed by atoms with Gasteiger partial charge in [0.2, 0.25) is 0 Å². The second kappa shape index (κ2) is 4.80. The Bertz CT molecular complexity index is 122. The molecule has 1 saturated carbocycles. The SMILES string of the molecule is CN(N)CC(O)C1CCCCC1. The van der Waals surface area contributed by atoms with Crippen LogP contribution in [0.2, 0.25) is 0 Å². The first-order valence-corrected chi connectivity index (χ1v) is 4.84. The molecular weight excluding hydrogens is 152 g/mol. The summed E-state index contributed by atoms with van der Waals surface area (Å²) in [6.45, 7) is 0.602. The van der Waals surface area contributed by atoms with Crippen LogP contribution in [0.3, 0.4) is 0 Å². The molecule has 3 nitrogen and oxygen atoms in total. The highest BCUT2D eigenvalue weighted by atomic mass is 16.3. The summed E-state index contributed by atoms with van der Waals surface area (Å²) in [5.41, 5.74) is 0. The van der Waals surface area contributed by atoms with Gasteiger partial charge in [-0.15, -0.1) is 0 Å². The number of hydrogen-bond acceptors (Lipinski definition) is 3. The van der Waals surface area contributed by atoms with E-state index >= 15 is 0 Å². The number of aliphatic hydroxyl groups excluding tert-OH is 1. The number of nitrogens with two attached hydrogens (primary N) is 1. The lowest BCUT2D eigenvalue weighted by atomic mass is 9.85. The standard InChI is InChI=1S/C9H20N2O/c1-11(10)7-9(12)8-5-3-2-4-6-8/h8-9,12H,2-7,10H2,1H3. The van der Waals surface area contributed by atoms with Crippen LogP contribution in [-0.4, -0.2) is 29.8 Å². The Morgan fingerprint density at radius 3 is 2.50 bits per heavy atom. The number of hydrogen-bond donors (Lipinski definition) is 2. The maximum Gasteiger partial charge on any atom is 0.0709 e. The molecule has 0 aromatic carbocycles. The fourth-order valence-electron chi connectivity index (χ4n) is 1.96. The van der Waals surface area contributed by atoms with Gasteiger partial charge in [-0.1, -0.05) is 19.3 Å². The van der Waals surface area contributed by atoms with E-state index in [2.05, 4.69) is 0 Å². The predicted molar refractivity (Wildman–Crippen MR) is 49.4 cm³/mol. The first-order valence-electron chi connectivity index (χ1n) is 4.84. The molecule has 0 aliphatic heterocycles. The minimum atomic E-state index is -0.222. The molecule has 0 saturated heterocycles. The number of rotatable bonds is 3. The molecule has 1 rings (SSSR count). The lowest BCUT2D eigenvalue weighted by molar-refractivity contribution is 0.0551. The average molecular weight is 172 g/mol. The largest absolute Gasteiger partial charge is 0.391 e. The van der Waals surface area contributed by atoms with Crippen LogP contribution < -0.4 is 5.84 Å². The molecule has 0 aromatic heterocycles. The molecule has 0 aromatic rings. The summed E-state index contributed by atoms with van der Waals surface area (Å²) in [7, 11) is 1.80. The first kappa shape index (κ1) is 9.96. The van der Waals surface area contributed by atoms with E-state index in [1.54, 1.807) is 12.1 Å². The summed E-state index contributed by atoms with van der Waals surface area (Å²) < 4.78 is 0. The van der Waals surface area contributed by atoms with E-state index in [0.717, 1.165) is 0 Å². The lowest BCUT2D eigenvalue weighted by Crippen LogP contribution is -2.38. The molecule has 0 heterocycles. The third-order valence-electron chi connectivity index (χ3n) is 2.67. The van der Waals surface area contributed by atoms with Crippen molar-refractivity contribution in [2.45, 2.75) is 38.2 Å². The van der Waals surface area contributed by atoms with Crippen LogP contribution in [0, 0.1) is 5.92 Å². The van der Waals surface area contributed by atoms with Gasteiger partial charge < -0.3 is 5.11 Å². The number of likely N-dealkylation sites (N-methyl/N-ethyl adjacent to an activating group) is 1. The van der Waals surface area contributed by atoms with Crippen molar-refractivity contribution in [1.82, 2.24) is 5.01 Å². The van der Waals surface area contributed by atoms with Crippen LogP contribution in [0.1, 0.15) is 32.1 Å². The van der Waals surface area contributed by atoms with Crippen molar-refractivity contribution in [3.05, 3.63) is 0 Å². The van der Waals surface area contributed by atoms with Gasteiger partial charge in [0.25, 0.3) is 0 Å². The van der Waals surface area contributed by atoms with Crippen LogP contribution in [0.4, 0.5) is 0 Å². The van der Waals surface area contributed by atoms with Crippen molar-refractivity contribution in [3.63, 3.8) is 0 Å². The Morgan fingerprint density at radius 2 is 2.00 bits per heavy atom. The first-order chi connectivity index (χ1) is 5.70. The average Bonchev–Trinajstić information content (AvgIpc) is 2.05. The summed E-state index contributed by atoms with van der Waals surface area (Å²) >= 11 is 0. The molecule has 1 aliphatic carbocycles. The fourth-order valence-corrected chi connectivity index (χ4v) is 1.96. The van der Waals surface area contributed by atoms with Crippen LogP contribution in [0.25, 0.3) is 0 Å². The number of nitrogens with zero attached hydrogens (tertiary/aromatic N) is 1. The minimum absolute atomic E-state index is 0.222. The number of hydrazine groups is 1. The van der Waals surface area contributed by atoms with Gasteiger partial charge in [0.05, 0.1) is 6.10 Å². The molecule has 1 unspecified atom stereocenters. The van der Waals surface area contributed by atoms with Gasteiger partial charge in [-0.2, -0.15) is 0 Å².